The lowest BCUT2D eigenvalue weighted by Crippen LogP contribution is -2.18. The maximum atomic E-state index is 12.5. The van der Waals surface area contributed by atoms with Gasteiger partial charge in [0, 0.05) is 22.9 Å². The molecule has 3 aromatic heterocycles. The average molecular weight is 404 g/mol. The zero-order valence-corrected chi connectivity index (χ0v) is 16.8. The minimum atomic E-state index is -0.720. The molecule has 8 nitrogen and oxygen atoms in total. The third kappa shape index (κ3) is 3.26. The van der Waals surface area contributed by atoms with Crippen LogP contribution in [0.5, 0.6) is 5.75 Å². The molecule has 1 atom stereocenters. The molecule has 1 N–H and O–H groups in total. The number of oxazole rings is 1. The highest BCUT2D eigenvalue weighted by Gasteiger charge is 2.25. The molecule has 0 aliphatic rings. The van der Waals surface area contributed by atoms with Crippen molar-refractivity contribution in [2.24, 2.45) is 0 Å². The van der Waals surface area contributed by atoms with Gasteiger partial charge in [0.2, 0.25) is 0 Å². The van der Waals surface area contributed by atoms with E-state index in [0.717, 1.165) is 0 Å². The zero-order chi connectivity index (χ0) is 21.4. The Morgan fingerprint density at radius 1 is 1.27 bits per heavy atom. The fourth-order valence-corrected chi connectivity index (χ4v) is 3.75. The number of carbonyl (C=O) groups is 1. The fraction of sp³-hybridized carbons (Fsp3) is 0.227. The first kappa shape index (κ1) is 19.5. The first-order valence-corrected chi connectivity index (χ1v) is 9.36. The first-order chi connectivity index (χ1) is 14.4. The van der Waals surface area contributed by atoms with Gasteiger partial charge >= 0.3 is 5.76 Å². The number of pyridine rings is 2. The number of carbonyl (C=O) groups excluding carboxylic acids is 1. The summed E-state index contributed by atoms with van der Waals surface area (Å²) in [4.78, 5) is 33.4. The molecule has 0 aliphatic heterocycles. The monoisotopic (exact) mass is 404 g/mol. The second-order valence-electron chi connectivity index (χ2n) is 7.08. The Hall–Kier alpha value is -3.81. The van der Waals surface area contributed by atoms with Crippen LogP contribution in [0.3, 0.4) is 0 Å². The largest absolute Gasteiger partial charge is 0.496 e. The normalized spacial score (nSPS) is 12.2. The van der Waals surface area contributed by atoms with Crippen LogP contribution in [0, 0.1) is 5.41 Å². The van der Waals surface area contributed by atoms with Crippen LogP contribution in [0.25, 0.3) is 22.0 Å². The van der Waals surface area contributed by atoms with Crippen LogP contribution in [0.15, 0.2) is 51.9 Å². The lowest BCUT2D eigenvalue weighted by Gasteiger charge is -2.17. The van der Waals surface area contributed by atoms with Crippen molar-refractivity contribution in [3.05, 3.63) is 64.5 Å². The van der Waals surface area contributed by atoms with Crippen molar-refractivity contribution in [3.63, 3.8) is 0 Å². The molecule has 0 bridgehead atoms. The van der Waals surface area contributed by atoms with Crippen molar-refractivity contribution in [3.8, 4) is 5.75 Å². The van der Waals surface area contributed by atoms with Gasteiger partial charge in [-0.05, 0) is 38.1 Å². The number of aromatic nitrogens is 3. The Morgan fingerprint density at radius 3 is 2.70 bits per heavy atom. The summed E-state index contributed by atoms with van der Waals surface area (Å²) in [7, 11) is 1.51. The highest BCUT2D eigenvalue weighted by molar-refractivity contribution is 6.09. The molecule has 0 fully saturated rings. The Balaban J connectivity index is 1.99. The molecule has 0 aliphatic carbocycles. The van der Waals surface area contributed by atoms with Crippen LogP contribution in [0.1, 0.15) is 31.0 Å². The highest BCUT2D eigenvalue weighted by atomic mass is 16.5. The van der Waals surface area contributed by atoms with E-state index in [1.165, 1.54) is 24.8 Å². The third-order valence-electron chi connectivity index (χ3n) is 5.04. The van der Waals surface area contributed by atoms with Gasteiger partial charge in [0.05, 0.1) is 37.0 Å². The van der Waals surface area contributed by atoms with Crippen LogP contribution in [0.4, 0.5) is 0 Å². The van der Waals surface area contributed by atoms with Gasteiger partial charge in [-0.25, -0.2) is 4.79 Å². The number of nitrogens with zero attached hydrogens (tertiary/aromatic N) is 3. The maximum Gasteiger partial charge on any atom is 0.420 e. The van der Waals surface area contributed by atoms with Crippen molar-refractivity contribution < 1.29 is 13.9 Å². The van der Waals surface area contributed by atoms with E-state index in [1.54, 1.807) is 25.3 Å². The van der Waals surface area contributed by atoms with Gasteiger partial charge in [-0.3, -0.25) is 19.3 Å². The number of Topliss-reactive ketones (excluding diaryl/α,β-unsaturated/α-hetero) is 1. The van der Waals surface area contributed by atoms with E-state index in [4.69, 9.17) is 14.6 Å². The molecule has 4 rings (SSSR count). The van der Waals surface area contributed by atoms with Gasteiger partial charge in [-0.1, -0.05) is 6.07 Å². The summed E-state index contributed by atoms with van der Waals surface area (Å²) in [6, 6.07) is 8.97. The Kier molecular flexibility index (Phi) is 4.91. The fourth-order valence-electron chi connectivity index (χ4n) is 3.75. The summed E-state index contributed by atoms with van der Waals surface area (Å²) in [5.74, 6) is -0.940. The zero-order valence-electron chi connectivity index (χ0n) is 16.8. The van der Waals surface area contributed by atoms with Crippen molar-refractivity contribution in [2.75, 3.05) is 7.11 Å². The molecule has 0 amide bonds. The standard InChI is InChI=1S/C22H20N4O4/c1-12(23)20(13(2)27)16-8-17-15(9-18(16)29-3)21-19(10-25-17)30-22(28)26(21)11-14-6-4-5-7-24-14/h4-10,20,23H,11H2,1-3H3. The van der Waals surface area contributed by atoms with Crippen LogP contribution in [-0.2, 0) is 11.3 Å². The molecule has 0 radical (unpaired) electrons. The van der Waals surface area contributed by atoms with E-state index in [1.807, 2.05) is 18.2 Å². The molecule has 0 saturated heterocycles. The summed E-state index contributed by atoms with van der Waals surface area (Å²) in [5.41, 5.74) is 3.00. The quantitative estimate of drug-likeness (QED) is 0.494. The summed E-state index contributed by atoms with van der Waals surface area (Å²) >= 11 is 0. The van der Waals surface area contributed by atoms with Crippen molar-refractivity contribution in [1.29, 1.82) is 5.41 Å². The number of benzene rings is 1. The first-order valence-electron chi connectivity index (χ1n) is 9.36. The van der Waals surface area contributed by atoms with Crippen molar-refractivity contribution in [1.82, 2.24) is 14.5 Å². The topological polar surface area (TPSA) is 111 Å². The molecule has 3 heterocycles. The SMILES string of the molecule is COc1cc2c(cc1C(C(C)=N)C(C)=O)ncc1oc(=O)n(Cc3ccccn3)c12. The van der Waals surface area contributed by atoms with E-state index in [2.05, 4.69) is 9.97 Å². The number of ether oxygens (including phenoxy) is 1. The van der Waals surface area contributed by atoms with Gasteiger partial charge in [0.1, 0.15) is 17.0 Å². The Morgan fingerprint density at radius 2 is 2.07 bits per heavy atom. The predicted molar refractivity (Wildman–Crippen MR) is 112 cm³/mol. The summed E-state index contributed by atoms with van der Waals surface area (Å²) in [6.07, 6.45) is 3.16. The summed E-state index contributed by atoms with van der Waals surface area (Å²) in [5, 5.41) is 8.68. The lowest BCUT2D eigenvalue weighted by atomic mass is 9.89. The van der Waals surface area contributed by atoms with Gasteiger partial charge in [-0.2, -0.15) is 0 Å². The number of methoxy groups -OCH3 is 1. The number of hydrogen-bond acceptors (Lipinski definition) is 7. The molecule has 1 aromatic carbocycles. The number of ketones is 1. The third-order valence-corrected chi connectivity index (χ3v) is 5.04. The minimum Gasteiger partial charge on any atom is -0.496 e. The second kappa shape index (κ2) is 7.55. The summed E-state index contributed by atoms with van der Waals surface area (Å²) < 4.78 is 12.4. The van der Waals surface area contributed by atoms with Gasteiger partial charge in [-0.15, -0.1) is 0 Å². The number of fused-ring (bicyclic) bond motifs is 3. The number of nitrogens with one attached hydrogen (secondary N) is 1. The molecule has 0 saturated carbocycles. The number of hydrogen-bond donors (Lipinski definition) is 1. The average Bonchev–Trinajstić information content (AvgIpc) is 3.03. The van der Waals surface area contributed by atoms with Gasteiger partial charge < -0.3 is 14.6 Å². The maximum absolute atomic E-state index is 12.5. The molecule has 8 heteroatoms. The van der Waals surface area contributed by atoms with E-state index in [0.29, 0.717) is 39.0 Å². The van der Waals surface area contributed by atoms with Gasteiger partial charge in [0.15, 0.2) is 5.58 Å². The highest BCUT2D eigenvalue weighted by Crippen LogP contribution is 2.35. The second-order valence-corrected chi connectivity index (χ2v) is 7.08. The smallest absolute Gasteiger partial charge is 0.420 e. The molecule has 1 unspecified atom stereocenters. The molecular weight excluding hydrogens is 384 g/mol. The summed E-state index contributed by atoms with van der Waals surface area (Å²) in [6.45, 7) is 3.28. The van der Waals surface area contributed by atoms with Crippen molar-refractivity contribution >= 4 is 33.5 Å². The molecular formula is C22H20N4O4. The minimum absolute atomic E-state index is 0.156. The van der Waals surface area contributed by atoms with E-state index < -0.39 is 11.7 Å². The molecule has 4 aromatic rings. The van der Waals surface area contributed by atoms with Crippen molar-refractivity contribution in [2.45, 2.75) is 26.3 Å². The van der Waals surface area contributed by atoms with E-state index in [9.17, 15) is 9.59 Å². The van der Waals surface area contributed by atoms with E-state index >= 15 is 0 Å². The molecule has 30 heavy (non-hydrogen) atoms. The lowest BCUT2D eigenvalue weighted by molar-refractivity contribution is -0.117. The predicted octanol–water partition coefficient (Wildman–Crippen LogP) is 3.31. The number of rotatable bonds is 6. The van der Waals surface area contributed by atoms with Crippen LogP contribution >= 0.6 is 0 Å². The van der Waals surface area contributed by atoms with E-state index in [-0.39, 0.29) is 18.0 Å². The van der Waals surface area contributed by atoms with Gasteiger partial charge in [0.25, 0.3) is 0 Å². The van der Waals surface area contributed by atoms with Crippen LogP contribution in [-0.4, -0.2) is 33.1 Å². The van der Waals surface area contributed by atoms with Crippen LogP contribution in [0.2, 0.25) is 0 Å². The Labute approximate surface area is 171 Å². The Bertz CT molecular complexity index is 1320. The molecule has 152 valence electrons. The van der Waals surface area contributed by atoms with Crippen LogP contribution < -0.4 is 10.5 Å². The molecule has 0 spiro atoms.